The average molecular weight is 152 g/mol. The zero-order chi connectivity index (χ0) is 8.27. The summed E-state index contributed by atoms with van der Waals surface area (Å²) in [4.78, 5) is 0. The highest BCUT2D eigenvalue weighted by atomic mass is 14.9. The molecule has 0 aliphatic carbocycles. The van der Waals surface area contributed by atoms with E-state index >= 15 is 0 Å². The standard InChI is InChI=1S/C10H18N/c1-9-4-6-11(3)7-5-10(2)8-9/h4,6-7,9-10H,5,8H2,1-3H3/q+1/b6-4-,11-7-. The third kappa shape index (κ3) is 2.87. The van der Waals surface area contributed by atoms with Gasteiger partial charge in [0, 0.05) is 6.42 Å². The molecule has 0 aromatic carbocycles. The Morgan fingerprint density at radius 1 is 1.36 bits per heavy atom. The van der Waals surface area contributed by atoms with E-state index in [9.17, 15) is 0 Å². The second-order valence-corrected chi connectivity index (χ2v) is 3.74. The van der Waals surface area contributed by atoms with Crippen molar-refractivity contribution >= 4 is 6.21 Å². The molecule has 0 aromatic heterocycles. The van der Waals surface area contributed by atoms with Gasteiger partial charge in [0.2, 0.25) is 0 Å². The van der Waals surface area contributed by atoms with Gasteiger partial charge in [0.15, 0.2) is 6.20 Å². The number of hydrogen-bond acceptors (Lipinski definition) is 0. The van der Waals surface area contributed by atoms with Gasteiger partial charge in [0.25, 0.3) is 0 Å². The van der Waals surface area contributed by atoms with E-state index in [2.05, 4.69) is 44.0 Å². The highest BCUT2D eigenvalue weighted by Crippen LogP contribution is 2.16. The fourth-order valence-corrected chi connectivity index (χ4v) is 1.50. The quantitative estimate of drug-likeness (QED) is 0.468. The molecule has 1 nitrogen and oxygen atoms in total. The first-order valence-corrected chi connectivity index (χ1v) is 4.42. The van der Waals surface area contributed by atoms with Crippen LogP contribution < -0.4 is 0 Å². The maximum Gasteiger partial charge on any atom is 0.164 e. The van der Waals surface area contributed by atoms with Crippen LogP contribution in [-0.2, 0) is 0 Å². The predicted octanol–water partition coefficient (Wildman–Crippen LogP) is 2.28. The number of hydrogen-bond donors (Lipinski definition) is 0. The van der Waals surface area contributed by atoms with Crippen LogP contribution in [0.2, 0.25) is 0 Å². The van der Waals surface area contributed by atoms with E-state index in [0.29, 0.717) is 0 Å². The molecular formula is C10H18N+. The van der Waals surface area contributed by atoms with Gasteiger partial charge in [-0.2, -0.15) is 0 Å². The van der Waals surface area contributed by atoms with E-state index in [1.165, 1.54) is 12.8 Å². The topological polar surface area (TPSA) is 3.01 Å². The minimum absolute atomic E-state index is 0.737. The van der Waals surface area contributed by atoms with Crippen molar-refractivity contribution < 1.29 is 4.58 Å². The SMILES string of the molecule is CC1/C=C\[N+](C)=C/CC(C)C1. The van der Waals surface area contributed by atoms with Crippen molar-refractivity contribution in [1.82, 2.24) is 0 Å². The third-order valence-corrected chi connectivity index (χ3v) is 2.22. The molecule has 62 valence electrons. The van der Waals surface area contributed by atoms with Crippen molar-refractivity contribution in [3.8, 4) is 0 Å². The normalized spacial score (nSPS) is 40.1. The van der Waals surface area contributed by atoms with Gasteiger partial charge in [-0.05, 0) is 24.3 Å². The molecule has 1 aliphatic heterocycles. The molecule has 0 aromatic rings. The minimum Gasteiger partial charge on any atom is -0.212 e. The smallest absolute Gasteiger partial charge is 0.164 e. The number of rotatable bonds is 0. The lowest BCUT2D eigenvalue weighted by atomic mass is 9.94. The van der Waals surface area contributed by atoms with Crippen LogP contribution in [0.5, 0.6) is 0 Å². The van der Waals surface area contributed by atoms with Crippen LogP contribution in [-0.4, -0.2) is 17.8 Å². The summed E-state index contributed by atoms with van der Waals surface area (Å²) in [5.74, 6) is 1.57. The van der Waals surface area contributed by atoms with Crippen LogP contribution in [0.4, 0.5) is 0 Å². The molecule has 2 unspecified atom stereocenters. The Kier molecular flexibility index (Phi) is 2.86. The van der Waals surface area contributed by atoms with Gasteiger partial charge < -0.3 is 0 Å². The van der Waals surface area contributed by atoms with E-state index in [4.69, 9.17) is 0 Å². The summed E-state index contributed by atoms with van der Waals surface area (Å²) in [7, 11) is 2.10. The van der Waals surface area contributed by atoms with E-state index in [1.807, 2.05) is 0 Å². The molecule has 0 bridgehead atoms. The summed E-state index contributed by atoms with van der Waals surface area (Å²) in [5.41, 5.74) is 0. The van der Waals surface area contributed by atoms with Gasteiger partial charge in [-0.3, -0.25) is 0 Å². The Morgan fingerprint density at radius 2 is 2.09 bits per heavy atom. The summed E-state index contributed by atoms with van der Waals surface area (Å²) in [6.45, 7) is 4.60. The molecule has 1 aliphatic rings. The predicted molar refractivity (Wildman–Crippen MR) is 49.0 cm³/mol. The molecule has 0 saturated heterocycles. The zero-order valence-corrected chi connectivity index (χ0v) is 7.75. The molecule has 1 heteroatoms. The van der Waals surface area contributed by atoms with Crippen LogP contribution in [0.15, 0.2) is 12.3 Å². The van der Waals surface area contributed by atoms with Gasteiger partial charge in [0.1, 0.15) is 13.3 Å². The Bertz CT molecular complexity index is 179. The fraction of sp³-hybridized carbons (Fsp3) is 0.700. The van der Waals surface area contributed by atoms with E-state index in [0.717, 1.165) is 11.8 Å². The average Bonchev–Trinajstić information content (AvgIpc) is 1.95. The van der Waals surface area contributed by atoms with Crippen molar-refractivity contribution in [2.45, 2.75) is 26.7 Å². The van der Waals surface area contributed by atoms with Gasteiger partial charge >= 0.3 is 0 Å². The Balaban J connectivity index is 2.64. The third-order valence-electron chi connectivity index (χ3n) is 2.22. The molecule has 0 amide bonds. The second-order valence-electron chi connectivity index (χ2n) is 3.74. The van der Waals surface area contributed by atoms with Gasteiger partial charge in [0.05, 0.1) is 0 Å². The van der Waals surface area contributed by atoms with Crippen LogP contribution in [0.1, 0.15) is 26.7 Å². The second kappa shape index (κ2) is 3.70. The largest absolute Gasteiger partial charge is 0.212 e. The van der Waals surface area contributed by atoms with E-state index < -0.39 is 0 Å². The van der Waals surface area contributed by atoms with E-state index in [1.54, 1.807) is 0 Å². The molecule has 0 fully saturated rings. The monoisotopic (exact) mass is 152 g/mol. The molecule has 0 saturated carbocycles. The minimum atomic E-state index is 0.737. The van der Waals surface area contributed by atoms with Crippen LogP contribution in [0, 0.1) is 11.8 Å². The summed E-state index contributed by atoms with van der Waals surface area (Å²) in [5, 5.41) is 0. The molecule has 0 spiro atoms. The Morgan fingerprint density at radius 3 is 2.82 bits per heavy atom. The molecule has 0 radical (unpaired) electrons. The maximum atomic E-state index is 2.32. The van der Waals surface area contributed by atoms with E-state index in [-0.39, 0.29) is 0 Å². The lowest BCUT2D eigenvalue weighted by molar-refractivity contribution is -0.419. The summed E-state index contributed by atoms with van der Waals surface area (Å²) >= 11 is 0. The van der Waals surface area contributed by atoms with Crippen molar-refractivity contribution in [2.24, 2.45) is 11.8 Å². The Hall–Kier alpha value is -0.590. The van der Waals surface area contributed by atoms with Crippen molar-refractivity contribution in [1.29, 1.82) is 0 Å². The summed E-state index contributed by atoms with van der Waals surface area (Å²) in [6, 6.07) is 0. The maximum absolute atomic E-state index is 2.32. The highest BCUT2D eigenvalue weighted by Gasteiger charge is 2.09. The molecule has 11 heavy (non-hydrogen) atoms. The van der Waals surface area contributed by atoms with Gasteiger partial charge in [-0.15, -0.1) is 0 Å². The molecule has 1 heterocycles. The molecule has 0 N–H and O–H groups in total. The van der Waals surface area contributed by atoms with Crippen LogP contribution >= 0.6 is 0 Å². The molecule has 2 atom stereocenters. The summed E-state index contributed by atoms with van der Waals surface area (Å²) in [6.07, 6.45) is 9.24. The van der Waals surface area contributed by atoms with Crippen molar-refractivity contribution in [3.63, 3.8) is 0 Å². The fourth-order valence-electron chi connectivity index (χ4n) is 1.50. The number of nitrogens with zero attached hydrogens (tertiary/aromatic N) is 1. The van der Waals surface area contributed by atoms with Crippen molar-refractivity contribution in [3.05, 3.63) is 12.3 Å². The van der Waals surface area contributed by atoms with Crippen molar-refractivity contribution in [2.75, 3.05) is 7.05 Å². The molecule has 1 rings (SSSR count). The highest BCUT2D eigenvalue weighted by molar-refractivity contribution is 5.51. The lowest BCUT2D eigenvalue weighted by Gasteiger charge is -2.12. The molecular weight excluding hydrogens is 134 g/mol. The van der Waals surface area contributed by atoms with Crippen LogP contribution in [0.25, 0.3) is 0 Å². The Labute approximate surface area is 69.4 Å². The van der Waals surface area contributed by atoms with Gasteiger partial charge in [-0.1, -0.05) is 13.8 Å². The van der Waals surface area contributed by atoms with Crippen LogP contribution in [0.3, 0.4) is 0 Å². The summed E-state index contributed by atoms with van der Waals surface area (Å²) < 4.78 is 2.16. The first-order chi connectivity index (χ1) is 5.18. The van der Waals surface area contributed by atoms with Gasteiger partial charge in [-0.25, -0.2) is 4.58 Å². The first kappa shape index (κ1) is 8.51. The lowest BCUT2D eigenvalue weighted by Crippen LogP contribution is -2.09. The zero-order valence-electron chi connectivity index (χ0n) is 7.75. The first-order valence-electron chi connectivity index (χ1n) is 4.42. The number of allylic oxidation sites excluding steroid dienone is 1.